The minimum absolute atomic E-state index is 0.305. The van der Waals surface area contributed by atoms with Crippen LogP contribution in [-0.4, -0.2) is 30.2 Å². The highest BCUT2D eigenvalue weighted by atomic mass is 79.9. The Morgan fingerprint density at radius 3 is 2.35 bits per heavy atom. The molecule has 1 rings (SSSR count). The Bertz CT molecular complexity index is 416. The molecule has 0 radical (unpaired) electrons. The predicted octanol–water partition coefficient (Wildman–Crippen LogP) is 2.25. The van der Waals surface area contributed by atoms with Gasteiger partial charge in [0, 0.05) is 8.95 Å². The Kier molecular flexibility index (Phi) is 5.60. The lowest BCUT2D eigenvalue weighted by Gasteiger charge is -2.09. The van der Waals surface area contributed by atoms with Gasteiger partial charge in [-0.05, 0) is 44.0 Å². The number of hydrogen-bond donors (Lipinski definition) is 2. The van der Waals surface area contributed by atoms with Gasteiger partial charge >= 0.3 is 5.97 Å². The molecule has 7 heteroatoms. The fourth-order valence-electron chi connectivity index (χ4n) is 1.02. The Morgan fingerprint density at radius 1 is 1.24 bits per heavy atom. The Morgan fingerprint density at radius 2 is 1.82 bits per heavy atom. The van der Waals surface area contributed by atoms with Crippen LogP contribution in [0.3, 0.4) is 0 Å². The van der Waals surface area contributed by atoms with Crippen molar-refractivity contribution >= 4 is 49.4 Å². The number of carbonyl (C=O) groups excluding carboxylic acids is 1. The van der Waals surface area contributed by atoms with E-state index >= 15 is 0 Å². The second-order valence-electron chi connectivity index (χ2n) is 3.03. The summed E-state index contributed by atoms with van der Waals surface area (Å²) in [5.74, 6) is -1.53. The summed E-state index contributed by atoms with van der Waals surface area (Å²) in [6.07, 6.45) is 0. The molecular weight excluding hydrogens is 358 g/mol. The van der Waals surface area contributed by atoms with Crippen molar-refractivity contribution < 1.29 is 19.4 Å². The molecule has 0 spiro atoms. The molecule has 0 bridgehead atoms. The van der Waals surface area contributed by atoms with E-state index in [1.54, 1.807) is 12.1 Å². The van der Waals surface area contributed by atoms with E-state index in [-0.39, 0.29) is 6.61 Å². The van der Waals surface area contributed by atoms with Gasteiger partial charge in [0.25, 0.3) is 0 Å². The summed E-state index contributed by atoms with van der Waals surface area (Å²) in [5.41, 5.74) is 0.580. The van der Waals surface area contributed by atoms with E-state index in [9.17, 15) is 9.59 Å². The molecule has 1 aromatic rings. The number of carboxylic acid groups (broad SMARTS) is 1. The molecule has 0 saturated carbocycles. The highest BCUT2D eigenvalue weighted by molar-refractivity contribution is 9.11. The standard InChI is InChI=1S/C10H9Br2NO4/c11-6-2-1-3-7(12)10(6)13-8(14)4-17-5-9(15)16/h1-3H,4-5H2,(H,13,14)(H,15,16). The predicted molar refractivity (Wildman–Crippen MR) is 68.9 cm³/mol. The van der Waals surface area contributed by atoms with E-state index in [2.05, 4.69) is 41.9 Å². The lowest BCUT2D eigenvalue weighted by Crippen LogP contribution is -2.21. The average Bonchev–Trinajstić information content (AvgIpc) is 2.23. The summed E-state index contributed by atoms with van der Waals surface area (Å²) < 4.78 is 6.11. The highest BCUT2D eigenvalue weighted by Gasteiger charge is 2.09. The van der Waals surface area contributed by atoms with E-state index in [0.29, 0.717) is 5.69 Å². The van der Waals surface area contributed by atoms with Crippen LogP contribution < -0.4 is 5.32 Å². The molecule has 0 unspecified atom stereocenters. The number of benzene rings is 1. The molecule has 0 saturated heterocycles. The number of amides is 1. The van der Waals surface area contributed by atoms with Crippen LogP contribution in [0.25, 0.3) is 0 Å². The average molecular weight is 367 g/mol. The molecule has 0 fully saturated rings. The van der Waals surface area contributed by atoms with Crippen LogP contribution in [0.15, 0.2) is 27.1 Å². The normalized spacial score (nSPS) is 10.0. The number of hydrogen-bond acceptors (Lipinski definition) is 3. The molecule has 1 amide bonds. The fourth-order valence-corrected chi connectivity index (χ4v) is 2.22. The molecule has 1 aromatic carbocycles. The van der Waals surface area contributed by atoms with Gasteiger partial charge in [-0.25, -0.2) is 4.79 Å². The number of halogens is 2. The summed E-state index contributed by atoms with van der Waals surface area (Å²) in [5, 5.41) is 10.9. The van der Waals surface area contributed by atoms with Gasteiger partial charge in [0.15, 0.2) is 0 Å². The number of carbonyl (C=O) groups is 2. The molecule has 0 aliphatic heterocycles. The van der Waals surface area contributed by atoms with Gasteiger partial charge in [-0.2, -0.15) is 0 Å². The van der Waals surface area contributed by atoms with Crippen molar-refractivity contribution in [1.82, 2.24) is 0 Å². The van der Waals surface area contributed by atoms with Gasteiger partial charge in [0.05, 0.1) is 5.69 Å². The zero-order valence-electron chi connectivity index (χ0n) is 8.57. The van der Waals surface area contributed by atoms with Gasteiger partial charge in [-0.1, -0.05) is 6.07 Å². The van der Waals surface area contributed by atoms with Crippen molar-refractivity contribution in [3.05, 3.63) is 27.1 Å². The smallest absolute Gasteiger partial charge is 0.329 e. The first-order valence-corrected chi connectivity index (χ1v) is 6.12. The Labute approximate surface area is 114 Å². The third-order valence-corrected chi connectivity index (χ3v) is 3.01. The van der Waals surface area contributed by atoms with Crippen molar-refractivity contribution in [3.63, 3.8) is 0 Å². The van der Waals surface area contributed by atoms with Crippen LogP contribution in [-0.2, 0) is 14.3 Å². The van der Waals surface area contributed by atoms with Crippen molar-refractivity contribution in [2.24, 2.45) is 0 Å². The zero-order valence-corrected chi connectivity index (χ0v) is 11.7. The second-order valence-corrected chi connectivity index (χ2v) is 4.74. The van der Waals surface area contributed by atoms with Crippen LogP contribution in [0.1, 0.15) is 0 Å². The number of carboxylic acids is 1. The molecule has 5 nitrogen and oxygen atoms in total. The minimum atomic E-state index is -1.11. The van der Waals surface area contributed by atoms with Crippen LogP contribution in [0.4, 0.5) is 5.69 Å². The molecule has 0 aromatic heterocycles. The monoisotopic (exact) mass is 365 g/mol. The van der Waals surface area contributed by atoms with Gasteiger partial charge in [-0.15, -0.1) is 0 Å². The molecule has 92 valence electrons. The first kappa shape index (κ1) is 14.1. The van der Waals surface area contributed by atoms with Crippen molar-refractivity contribution in [2.75, 3.05) is 18.5 Å². The minimum Gasteiger partial charge on any atom is -0.480 e. The Hall–Kier alpha value is -0.920. The van der Waals surface area contributed by atoms with Gasteiger partial charge in [0.2, 0.25) is 5.91 Å². The number of rotatable bonds is 5. The van der Waals surface area contributed by atoms with E-state index in [1.165, 1.54) is 0 Å². The third kappa shape index (κ3) is 4.84. The molecule has 0 heterocycles. The molecule has 0 atom stereocenters. The summed E-state index contributed by atoms with van der Waals surface area (Å²) in [6, 6.07) is 5.36. The van der Waals surface area contributed by atoms with Gasteiger partial charge < -0.3 is 15.2 Å². The van der Waals surface area contributed by atoms with Crippen LogP contribution in [0.5, 0.6) is 0 Å². The van der Waals surface area contributed by atoms with Crippen molar-refractivity contribution in [3.8, 4) is 0 Å². The number of nitrogens with one attached hydrogen (secondary N) is 1. The summed E-state index contributed by atoms with van der Waals surface area (Å²) in [6.45, 7) is -0.801. The first-order valence-electron chi connectivity index (χ1n) is 4.54. The maximum absolute atomic E-state index is 11.4. The van der Waals surface area contributed by atoms with Crippen LogP contribution >= 0.6 is 31.9 Å². The Balaban J connectivity index is 2.53. The molecule has 17 heavy (non-hydrogen) atoms. The van der Waals surface area contributed by atoms with E-state index in [4.69, 9.17) is 5.11 Å². The molecule has 2 N–H and O–H groups in total. The van der Waals surface area contributed by atoms with Crippen molar-refractivity contribution in [2.45, 2.75) is 0 Å². The summed E-state index contributed by atoms with van der Waals surface area (Å²) >= 11 is 6.57. The molecule has 0 aliphatic rings. The number of para-hydroxylation sites is 1. The van der Waals surface area contributed by atoms with Crippen LogP contribution in [0, 0.1) is 0 Å². The van der Waals surface area contributed by atoms with E-state index in [0.717, 1.165) is 8.95 Å². The lowest BCUT2D eigenvalue weighted by molar-refractivity contribution is -0.143. The third-order valence-electron chi connectivity index (χ3n) is 1.69. The van der Waals surface area contributed by atoms with E-state index in [1.807, 2.05) is 6.07 Å². The lowest BCUT2D eigenvalue weighted by atomic mass is 10.3. The van der Waals surface area contributed by atoms with Crippen molar-refractivity contribution in [1.29, 1.82) is 0 Å². The molecular formula is C10H9Br2NO4. The summed E-state index contributed by atoms with van der Waals surface area (Å²) in [7, 11) is 0. The molecule has 0 aliphatic carbocycles. The van der Waals surface area contributed by atoms with Gasteiger partial charge in [0.1, 0.15) is 13.2 Å². The first-order chi connectivity index (χ1) is 8.00. The zero-order chi connectivity index (χ0) is 12.8. The number of ether oxygens (including phenoxy) is 1. The van der Waals surface area contributed by atoms with Gasteiger partial charge in [-0.3, -0.25) is 4.79 Å². The van der Waals surface area contributed by atoms with Crippen LogP contribution in [0.2, 0.25) is 0 Å². The topological polar surface area (TPSA) is 75.6 Å². The number of anilines is 1. The highest BCUT2D eigenvalue weighted by Crippen LogP contribution is 2.30. The SMILES string of the molecule is O=C(O)COCC(=O)Nc1c(Br)cccc1Br. The maximum Gasteiger partial charge on any atom is 0.329 e. The fraction of sp³-hybridized carbons (Fsp3) is 0.200. The number of aliphatic carboxylic acids is 1. The summed E-state index contributed by atoms with van der Waals surface area (Å²) in [4.78, 5) is 21.6. The van der Waals surface area contributed by atoms with E-state index < -0.39 is 18.5 Å². The second kappa shape index (κ2) is 6.73. The maximum atomic E-state index is 11.4. The largest absolute Gasteiger partial charge is 0.480 e. The quantitative estimate of drug-likeness (QED) is 0.838.